The van der Waals surface area contributed by atoms with Crippen molar-refractivity contribution in [3.05, 3.63) is 100 Å². The number of fused-ring (bicyclic) bond motifs is 1. The van der Waals surface area contributed by atoms with Crippen molar-refractivity contribution in [2.45, 2.75) is 19.8 Å². The van der Waals surface area contributed by atoms with Crippen molar-refractivity contribution < 1.29 is 19.3 Å². The third-order valence-corrected chi connectivity index (χ3v) is 6.74. The van der Waals surface area contributed by atoms with Crippen LogP contribution in [0.15, 0.2) is 84.4 Å². The van der Waals surface area contributed by atoms with Gasteiger partial charge in [0, 0.05) is 23.4 Å². The smallest absolute Gasteiger partial charge is 0.269 e. The third-order valence-electron chi connectivity index (χ3n) is 6.74. The first kappa shape index (κ1) is 23.2. The Bertz CT molecular complexity index is 1410. The lowest BCUT2D eigenvalue weighted by Crippen LogP contribution is -2.31. The predicted octanol–water partition coefficient (Wildman–Crippen LogP) is 5.36. The first-order valence-electron chi connectivity index (χ1n) is 11.6. The normalized spacial score (nSPS) is 19.0. The van der Waals surface area contributed by atoms with Crippen LogP contribution < -0.4 is 10.2 Å². The number of hydrogen-bond donors (Lipinski definition) is 1. The van der Waals surface area contributed by atoms with Gasteiger partial charge in [0.05, 0.1) is 22.4 Å². The number of imide groups is 1. The van der Waals surface area contributed by atoms with Crippen LogP contribution in [0.25, 0.3) is 11.1 Å². The van der Waals surface area contributed by atoms with E-state index in [-0.39, 0.29) is 35.2 Å². The molecule has 5 rings (SSSR count). The molecule has 2 atom stereocenters. The second-order valence-electron chi connectivity index (χ2n) is 9.10. The Labute approximate surface area is 207 Å². The number of allylic oxidation sites excluding steroid dienone is 2. The number of carbonyl (C=O) groups is 3. The SMILES string of the molecule is CC1=CC[C@@H]2C(=O)N(c3cccc(C(=O)Nc4ccc(-c5ccc([N+](=O)[O-])cc5)cc4)c3)C(=O)[C@@H]2C1. The fraction of sp³-hybridized carbons (Fsp3) is 0.179. The number of non-ortho nitro benzene ring substituents is 1. The first-order valence-corrected chi connectivity index (χ1v) is 11.6. The fourth-order valence-electron chi connectivity index (χ4n) is 4.80. The van der Waals surface area contributed by atoms with E-state index in [0.29, 0.717) is 29.8 Å². The van der Waals surface area contributed by atoms with Crippen LogP contribution in [0.4, 0.5) is 17.1 Å². The van der Waals surface area contributed by atoms with E-state index in [1.54, 1.807) is 48.5 Å². The molecule has 180 valence electrons. The Morgan fingerprint density at radius 2 is 1.58 bits per heavy atom. The van der Waals surface area contributed by atoms with Crippen molar-refractivity contribution >= 4 is 34.8 Å². The van der Waals surface area contributed by atoms with Crippen molar-refractivity contribution in [1.29, 1.82) is 0 Å². The van der Waals surface area contributed by atoms with E-state index < -0.39 is 4.92 Å². The van der Waals surface area contributed by atoms with E-state index >= 15 is 0 Å². The molecule has 8 heteroatoms. The third kappa shape index (κ3) is 4.29. The van der Waals surface area contributed by atoms with Crippen LogP contribution in [0.2, 0.25) is 0 Å². The van der Waals surface area contributed by atoms with Gasteiger partial charge in [-0.3, -0.25) is 29.4 Å². The summed E-state index contributed by atoms with van der Waals surface area (Å²) in [7, 11) is 0. The van der Waals surface area contributed by atoms with E-state index in [1.165, 1.54) is 17.0 Å². The standard InChI is InChI=1S/C28H23N3O5/c1-17-5-14-24-25(15-17)28(34)30(27(24)33)23-4-2-3-20(16-23)26(32)29-21-10-6-18(7-11-21)19-8-12-22(13-9-19)31(35)36/h2-13,16,24-25H,14-15H2,1H3,(H,29,32)/t24-,25+/m0/s1. The van der Waals surface area contributed by atoms with E-state index in [0.717, 1.165) is 16.7 Å². The lowest BCUT2D eigenvalue weighted by atomic mass is 9.82. The minimum Gasteiger partial charge on any atom is -0.322 e. The number of hydrogen-bond acceptors (Lipinski definition) is 5. The average molecular weight is 482 g/mol. The van der Waals surface area contributed by atoms with Gasteiger partial charge in [0.1, 0.15) is 0 Å². The monoisotopic (exact) mass is 481 g/mol. The lowest BCUT2D eigenvalue weighted by Gasteiger charge is -2.18. The maximum absolute atomic E-state index is 13.0. The first-order chi connectivity index (χ1) is 17.3. The van der Waals surface area contributed by atoms with Crippen LogP contribution in [-0.2, 0) is 9.59 Å². The maximum atomic E-state index is 13.0. The number of nitrogens with zero attached hydrogens (tertiary/aromatic N) is 2. The molecule has 8 nitrogen and oxygen atoms in total. The highest BCUT2D eigenvalue weighted by Gasteiger charge is 2.48. The largest absolute Gasteiger partial charge is 0.322 e. The molecule has 1 N–H and O–H groups in total. The number of benzene rings is 3. The van der Waals surface area contributed by atoms with E-state index in [1.807, 2.05) is 25.1 Å². The van der Waals surface area contributed by atoms with Crippen LogP contribution in [0.1, 0.15) is 30.1 Å². The van der Waals surface area contributed by atoms with Gasteiger partial charge >= 0.3 is 0 Å². The van der Waals surface area contributed by atoms with Crippen molar-refractivity contribution in [2.75, 3.05) is 10.2 Å². The highest BCUT2D eigenvalue weighted by molar-refractivity contribution is 6.22. The molecule has 0 unspecified atom stereocenters. The molecule has 3 aromatic rings. The van der Waals surface area contributed by atoms with E-state index in [9.17, 15) is 24.5 Å². The second kappa shape index (κ2) is 9.22. The van der Waals surface area contributed by atoms with Gasteiger partial charge < -0.3 is 5.32 Å². The molecule has 1 aliphatic carbocycles. The molecule has 0 radical (unpaired) electrons. The van der Waals surface area contributed by atoms with Gasteiger partial charge in [-0.05, 0) is 73.4 Å². The van der Waals surface area contributed by atoms with Gasteiger partial charge in [-0.25, -0.2) is 0 Å². The molecule has 1 aliphatic heterocycles. The molecule has 0 saturated carbocycles. The highest BCUT2D eigenvalue weighted by Crippen LogP contribution is 2.39. The minimum atomic E-state index is -0.446. The van der Waals surface area contributed by atoms with Crippen LogP contribution >= 0.6 is 0 Å². The summed E-state index contributed by atoms with van der Waals surface area (Å²) in [6.07, 6.45) is 3.17. The van der Waals surface area contributed by atoms with Crippen LogP contribution in [-0.4, -0.2) is 22.6 Å². The average Bonchev–Trinajstić information content (AvgIpc) is 3.13. The summed E-state index contributed by atoms with van der Waals surface area (Å²) in [6, 6.07) is 19.9. The van der Waals surface area contributed by atoms with Gasteiger partial charge in [-0.1, -0.05) is 29.8 Å². The number of nitrogens with one attached hydrogen (secondary N) is 1. The highest BCUT2D eigenvalue weighted by atomic mass is 16.6. The molecule has 1 saturated heterocycles. The molecule has 0 spiro atoms. The Morgan fingerprint density at radius 3 is 2.25 bits per heavy atom. The Hall–Kier alpha value is -4.59. The summed E-state index contributed by atoms with van der Waals surface area (Å²) >= 11 is 0. The van der Waals surface area contributed by atoms with Gasteiger partial charge in [-0.2, -0.15) is 0 Å². The molecular formula is C28H23N3O5. The number of carbonyl (C=O) groups excluding carboxylic acids is 3. The summed E-state index contributed by atoms with van der Waals surface area (Å²) in [5, 5.41) is 13.7. The van der Waals surface area contributed by atoms with Crippen molar-refractivity contribution in [1.82, 2.24) is 0 Å². The zero-order valence-corrected chi connectivity index (χ0v) is 19.5. The number of nitro benzene ring substituents is 1. The second-order valence-corrected chi connectivity index (χ2v) is 9.10. The maximum Gasteiger partial charge on any atom is 0.269 e. The fourth-order valence-corrected chi connectivity index (χ4v) is 4.80. The molecule has 0 aromatic heterocycles. The molecular weight excluding hydrogens is 458 g/mol. The molecule has 3 aromatic carbocycles. The summed E-state index contributed by atoms with van der Waals surface area (Å²) < 4.78 is 0. The van der Waals surface area contributed by atoms with Gasteiger partial charge in [0.25, 0.3) is 11.6 Å². The van der Waals surface area contributed by atoms with Crippen molar-refractivity contribution in [3.8, 4) is 11.1 Å². The molecule has 2 aliphatic rings. The van der Waals surface area contributed by atoms with Gasteiger partial charge in [-0.15, -0.1) is 0 Å². The van der Waals surface area contributed by atoms with E-state index in [2.05, 4.69) is 5.32 Å². The topological polar surface area (TPSA) is 110 Å². The number of anilines is 2. The predicted molar refractivity (Wildman–Crippen MR) is 135 cm³/mol. The molecule has 0 bridgehead atoms. The van der Waals surface area contributed by atoms with Crippen LogP contribution in [0, 0.1) is 22.0 Å². The van der Waals surface area contributed by atoms with Crippen LogP contribution in [0.3, 0.4) is 0 Å². The summed E-state index contributed by atoms with van der Waals surface area (Å²) in [5.41, 5.74) is 4.10. The van der Waals surface area contributed by atoms with Gasteiger partial charge in [0.15, 0.2) is 0 Å². The van der Waals surface area contributed by atoms with Crippen molar-refractivity contribution in [2.24, 2.45) is 11.8 Å². The van der Waals surface area contributed by atoms with Gasteiger partial charge in [0.2, 0.25) is 11.8 Å². The quantitative estimate of drug-likeness (QED) is 0.228. The number of rotatable bonds is 5. The zero-order chi connectivity index (χ0) is 25.4. The molecule has 1 fully saturated rings. The summed E-state index contributed by atoms with van der Waals surface area (Å²) in [4.78, 5) is 50.5. The molecule has 1 heterocycles. The Kier molecular flexibility index (Phi) is 5.93. The molecule has 36 heavy (non-hydrogen) atoms. The Morgan fingerprint density at radius 1 is 0.944 bits per heavy atom. The van der Waals surface area contributed by atoms with E-state index in [4.69, 9.17) is 0 Å². The van der Waals surface area contributed by atoms with Crippen LogP contribution in [0.5, 0.6) is 0 Å². The number of amides is 3. The molecule has 3 amide bonds. The van der Waals surface area contributed by atoms with Crippen molar-refractivity contribution in [3.63, 3.8) is 0 Å². The zero-order valence-electron chi connectivity index (χ0n) is 19.5. The summed E-state index contributed by atoms with van der Waals surface area (Å²) in [6.45, 7) is 1.97. The number of nitro groups is 1. The lowest BCUT2D eigenvalue weighted by molar-refractivity contribution is -0.384. The summed E-state index contributed by atoms with van der Waals surface area (Å²) in [5.74, 6) is -1.47. The minimum absolute atomic E-state index is 0.0211. The Balaban J connectivity index is 1.30.